The highest BCUT2D eigenvalue weighted by Gasteiger charge is 2.04. The summed E-state index contributed by atoms with van der Waals surface area (Å²) >= 11 is 0. The summed E-state index contributed by atoms with van der Waals surface area (Å²) in [6.45, 7) is 0. The minimum Gasteiger partial charge on any atom is -0.493 e. The van der Waals surface area contributed by atoms with Gasteiger partial charge in [0.1, 0.15) is 0 Å². The van der Waals surface area contributed by atoms with Gasteiger partial charge in [-0.15, -0.1) is 0 Å². The Morgan fingerprint density at radius 2 is 2.38 bits per heavy atom. The van der Waals surface area contributed by atoms with E-state index in [1.165, 1.54) is 12.3 Å². The molecule has 2 amide bonds. The predicted octanol–water partition coefficient (Wildman–Crippen LogP) is 0.195. The number of aliphatic hydroxyl groups is 1. The van der Waals surface area contributed by atoms with Crippen molar-refractivity contribution in [2.75, 3.05) is 0 Å². The molecule has 1 radical (unpaired) electrons. The Morgan fingerprint density at radius 3 is 2.75 bits per heavy atom. The van der Waals surface area contributed by atoms with Crippen LogP contribution in [0.2, 0.25) is 0 Å². The fourth-order valence-corrected chi connectivity index (χ4v) is 0.332. The van der Waals surface area contributed by atoms with Crippen LogP contribution in [-0.4, -0.2) is 17.4 Å². The first kappa shape index (κ1) is 4.83. The number of amides is 2. The van der Waals surface area contributed by atoms with E-state index in [-0.39, 0.29) is 5.88 Å². The van der Waals surface area contributed by atoms with Crippen molar-refractivity contribution < 1.29 is 9.90 Å². The molecule has 1 aliphatic rings. The molecule has 0 saturated carbocycles. The van der Waals surface area contributed by atoms with Gasteiger partial charge in [-0.1, -0.05) is 0 Å². The molecule has 1 rings (SSSR count). The van der Waals surface area contributed by atoms with Crippen LogP contribution >= 0.6 is 0 Å². The van der Waals surface area contributed by atoms with E-state index >= 15 is 0 Å². The molecule has 1 N–H and O–H groups in total. The van der Waals surface area contributed by atoms with E-state index in [1.807, 2.05) is 0 Å². The first-order chi connectivity index (χ1) is 3.79. The van der Waals surface area contributed by atoms with Crippen molar-refractivity contribution in [3.8, 4) is 0 Å². The maximum atomic E-state index is 10.1. The zero-order chi connectivity index (χ0) is 5.98. The molecule has 0 aromatic rings. The Morgan fingerprint density at radius 1 is 1.62 bits per heavy atom. The average Bonchev–Trinajstić information content (AvgIpc) is 1.64. The van der Waals surface area contributed by atoms with Crippen LogP contribution in [0.4, 0.5) is 4.79 Å². The number of carbonyl (C=O) groups is 1. The van der Waals surface area contributed by atoms with Gasteiger partial charge >= 0.3 is 6.03 Å². The van der Waals surface area contributed by atoms with Gasteiger partial charge in [0.15, 0.2) is 0 Å². The fourth-order valence-electron chi connectivity index (χ4n) is 0.332. The summed E-state index contributed by atoms with van der Waals surface area (Å²) in [5.74, 6) is -0.287. The highest BCUT2D eigenvalue weighted by Crippen LogP contribution is 1.90. The number of allylic oxidation sites excluding steroid dienone is 1. The molecule has 0 aliphatic carbocycles. The van der Waals surface area contributed by atoms with Gasteiger partial charge in [-0.25, -0.2) is 4.79 Å². The maximum absolute atomic E-state index is 10.1. The fraction of sp³-hybridized carbons (Fsp3) is 0. The molecule has 0 fully saturated rings. The molecule has 0 spiro atoms. The molecule has 4 nitrogen and oxygen atoms in total. The van der Waals surface area contributed by atoms with Gasteiger partial charge in [0.05, 0.1) is 0 Å². The molecule has 8 heavy (non-hydrogen) atoms. The topological polar surface area (TPSA) is 63.8 Å². The van der Waals surface area contributed by atoms with Crippen molar-refractivity contribution in [1.82, 2.24) is 5.32 Å². The number of nitrogens with zero attached hydrogens (tertiary/aromatic N) is 2. The lowest BCUT2D eigenvalue weighted by atomic mass is 10.6. The van der Waals surface area contributed by atoms with Crippen LogP contribution in [-0.2, 0) is 0 Å². The van der Waals surface area contributed by atoms with Gasteiger partial charge in [0.2, 0.25) is 5.88 Å². The summed E-state index contributed by atoms with van der Waals surface area (Å²) in [5.41, 5.74) is 0. The molecule has 0 aromatic carbocycles. The van der Waals surface area contributed by atoms with E-state index in [4.69, 9.17) is 5.11 Å². The number of aliphatic imine (C=N–C) groups is 1. The van der Waals surface area contributed by atoms with E-state index in [2.05, 4.69) is 10.3 Å². The van der Waals surface area contributed by atoms with Gasteiger partial charge in [-0.3, -0.25) is 0 Å². The third-order valence-corrected chi connectivity index (χ3v) is 0.619. The maximum Gasteiger partial charge on any atom is 0.370 e. The summed E-state index contributed by atoms with van der Waals surface area (Å²) in [5, 5.41) is 11.5. The molecule has 0 aromatic heterocycles. The largest absolute Gasteiger partial charge is 0.493 e. The zero-order valence-corrected chi connectivity index (χ0v) is 3.90. The molecular formula is C4H3N2O2. The standard InChI is InChI=1S/C4H3N2O2/c7-3-1-2-5-4(8)6-3/h1-2,7H. The Bertz CT molecular complexity index is 171. The second-order valence-corrected chi connectivity index (χ2v) is 1.20. The van der Waals surface area contributed by atoms with E-state index in [0.29, 0.717) is 0 Å². The van der Waals surface area contributed by atoms with Gasteiger partial charge in [-0.05, 0) is 0 Å². The van der Waals surface area contributed by atoms with Crippen molar-refractivity contribution in [2.24, 2.45) is 4.99 Å². The van der Waals surface area contributed by atoms with Crippen LogP contribution in [0.3, 0.4) is 0 Å². The third kappa shape index (κ3) is 0.841. The average molecular weight is 111 g/mol. The monoisotopic (exact) mass is 111 g/mol. The van der Waals surface area contributed by atoms with Crippen molar-refractivity contribution in [3.63, 3.8) is 0 Å². The highest BCUT2D eigenvalue weighted by molar-refractivity contribution is 5.91. The lowest BCUT2D eigenvalue weighted by molar-refractivity contribution is 0.243. The van der Waals surface area contributed by atoms with E-state index in [0.717, 1.165) is 0 Å². The summed E-state index contributed by atoms with van der Waals surface area (Å²) in [6, 6.07) is -0.662. The number of hydrogen-bond acceptors (Lipinski definition) is 2. The van der Waals surface area contributed by atoms with Crippen molar-refractivity contribution in [2.45, 2.75) is 0 Å². The molecule has 0 atom stereocenters. The van der Waals surface area contributed by atoms with E-state index < -0.39 is 6.03 Å². The Hall–Kier alpha value is -1.32. The molecule has 1 heterocycles. The molecular weight excluding hydrogens is 108 g/mol. The lowest BCUT2D eigenvalue weighted by Crippen LogP contribution is -2.13. The third-order valence-electron chi connectivity index (χ3n) is 0.619. The van der Waals surface area contributed by atoms with Crippen molar-refractivity contribution in [3.05, 3.63) is 12.0 Å². The minimum absolute atomic E-state index is 0.287. The number of carbonyl (C=O) groups excluding carboxylic acids is 1. The Labute approximate surface area is 45.5 Å². The number of urea groups is 1. The van der Waals surface area contributed by atoms with Crippen LogP contribution in [0, 0.1) is 0 Å². The van der Waals surface area contributed by atoms with E-state index in [9.17, 15) is 4.79 Å². The molecule has 0 saturated heterocycles. The predicted molar refractivity (Wildman–Crippen MR) is 26.7 cm³/mol. The van der Waals surface area contributed by atoms with Gasteiger partial charge in [0.25, 0.3) is 0 Å². The van der Waals surface area contributed by atoms with Crippen LogP contribution in [0.25, 0.3) is 0 Å². The smallest absolute Gasteiger partial charge is 0.370 e. The van der Waals surface area contributed by atoms with Crippen LogP contribution in [0.1, 0.15) is 0 Å². The molecule has 1 aliphatic heterocycles. The number of hydrogen-bond donors (Lipinski definition) is 1. The summed E-state index contributed by atoms with van der Waals surface area (Å²) in [7, 11) is 0. The van der Waals surface area contributed by atoms with E-state index in [1.54, 1.807) is 0 Å². The van der Waals surface area contributed by atoms with Crippen LogP contribution in [0.15, 0.2) is 17.0 Å². The first-order valence-corrected chi connectivity index (χ1v) is 1.98. The van der Waals surface area contributed by atoms with Gasteiger partial charge in [0, 0.05) is 12.3 Å². The number of rotatable bonds is 0. The number of aliphatic hydroxyl groups excluding tert-OH is 1. The SMILES string of the molecule is O=C1[N]C(O)=CC=N1. The van der Waals surface area contributed by atoms with Crippen LogP contribution in [0.5, 0.6) is 0 Å². The molecule has 0 unspecified atom stereocenters. The quantitative estimate of drug-likeness (QED) is 0.485. The molecule has 41 valence electrons. The van der Waals surface area contributed by atoms with Crippen molar-refractivity contribution >= 4 is 12.2 Å². The minimum atomic E-state index is -0.662. The Balaban J connectivity index is 2.73. The normalized spacial score (nSPS) is 17.5. The second-order valence-electron chi connectivity index (χ2n) is 1.20. The van der Waals surface area contributed by atoms with Crippen LogP contribution < -0.4 is 5.32 Å². The molecule has 0 bridgehead atoms. The van der Waals surface area contributed by atoms with Crippen molar-refractivity contribution in [1.29, 1.82) is 0 Å². The Kier molecular flexibility index (Phi) is 0.997. The van der Waals surface area contributed by atoms with Gasteiger partial charge < -0.3 is 5.11 Å². The summed E-state index contributed by atoms with van der Waals surface area (Å²) < 4.78 is 0. The van der Waals surface area contributed by atoms with Gasteiger partial charge in [-0.2, -0.15) is 10.3 Å². The first-order valence-electron chi connectivity index (χ1n) is 1.98. The summed E-state index contributed by atoms with van der Waals surface area (Å²) in [4.78, 5) is 13.3. The lowest BCUT2D eigenvalue weighted by Gasteiger charge is -1.96. The zero-order valence-electron chi connectivity index (χ0n) is 3.90. The second kappa shape index (κ2) is 1.65. The highest BCUT2D eigenvalue weighted by atomic mass is 16.3. The summed E-state index contributed by atoms with van der Waals surface area (Å²) in [6.07, 6.45) is 2.44. The molecule has 4 heteroatoms.